The highest BCUT2D eigenvalue weighted by atomic mass is 32.2. The van der Waals surface area contributed by atoms with E-state index in [2.05, 4.69) is 13.8 Å². The van der Waals surface area contributed by atoms with Crippen LogP contribution in [-0.4, -0.2) is 34.4 Å². The highest BCUT2D eigenvalue weighted by Gasteiger charge is 2.45. The Balaban J connectivity index is 1.87. The van der Waals surface area contributed by atoms with Gasteiger partial charge in [0.05, 0.1) is 6.61 Å². The summed E-state index contributed by atoms with van der Waals surface area (Å²) in [5.41, 5.74) is 0.794. The van der Waals surface area contributed by atoms with Gasteiger partial charge in [0.2, 0.25) is 5.91 Å². The maximum atomic E-state index is 12.6. The van der Waals surface area contributed by atoms with Crippen molar-refractivity contribution in [3.8, 4) is 5.75 Å². The summed E-state index contributed by atoms with van der Waals surface area (Å²) >= 11 is 1.65. The Hall–Kier alpha value is -1.49. The first-order chi connectivity index (χ1) is 10.6. The third-order valence-electron chi connectivity index (χ3n) is 4.15. The monoisotopic (exact) mass is 318 g/mol. The van der Waals surface area contributed by atoms with Crippen molar-refractivity contribution in [1.29, 1.82) is 0 Å². The molecule has 1 saturated carbocycles. The van der Waals surface area contributed by atoms with Gasteiger partial charge in [0.1, 0.15) is 11.4 Å². The molecule has 2 fully saturated rings. The van der Waals surface area contributed by atoms with Gasteiger partial charge in [-0.2, -0.15) is 0 Å². The molecule has 0 spiro atoms. The standard InChI is InChI=1S/C17H22N2O2S/c1-4-21-15-8-6-5-7-14(15)18-17-19(12(3)10-22-17)16(20)13-9-11(13)2/h5-8,11-13H,4,9-10H2,1-3H3. The van der Waals surface area contributed by atoms with E-state index in [4.69, 9.17) is 9.73 Å². The van der Waals surface area contributed by atoms with Gasteiger partial charge in [-0.05, 0) is 38.3 Å². The van der Waals surface area contributed by atoms with Gasteiger partial charge in [0.25, 0.3) is 0 Å². The van der Waals surface area contributed by atoms with Crippen LogP contribution in [0.1, 0.15) is 27.2 Å². The predicted octanol–water partition coefficient (Wildman–Crippen LogP) is 3.69. The van der Waals surface area contributed by atoms with Gasteiger partial charge in [-0.15, -0.1) is 0 Å². The molecule has 0 radical (unpaired) electrons. The molecule has 1 aliphatic carbocycles. The lowest BCUT2D eigenvalue weighted by atomic mass is 10.2. The fourth-order valence-electron chi connectivity index (χ4n) is 2.70. The molecule has 118 valence electrons. The molecule has 3 atom stereocenters. The molecule has 1 amide bonds. The number of carbonyl (C=O) groups excluding carboxylic acids is 1. The molecule has 22 heavy (non-hydrogen) atoms. The first kappa shape index (κ1) is 15.4. The van der Waals surface area contributed by atoms with Gasteiger partial charge in [-0.25, -0.2) is 4.99 Å². The summed E-state index contributed by atoms with van der Waals surface area (Å²) in [6.07, 6.45) is 1.01. The van der Waals surface area contributed by atoms with Gasteiger partial charge in [0.15, 0.2) is 5.17 Å². The first-order valence-electron chi connectivity index (χ1n) is 7.88. The van der Waals surface area contributed by atoms with Gasteiger partial charge in [0, 0.05) is 17.7 Å². The van der Waals surface area contributed by atoms with Crippen LogP contribution in [0.2, 0.25) is 0 Å². The second kappa shape index (κ2) is 6.32. The average Bonchev–Trinajstić information content (AvgIpc) is 3.13. The van der Waals surface area contributed by atoms with Crippen molar-refractivity contribution in [2.45, 2.75) is 33.2 Å². The van der Waals surface area contributed by atoms with Gasteiger partial charge < -0.3 is 4.74 Å². The Morgan fingerprint density at radius 1 is 1.41 bits per heavy atom. The molecule has 3 rings (SSSR count). The summed E-state index contributed by atoms with van der Waals surface area (Å²) in [4.78, 5) is 19.3. The van der Waals surface area contributed by atoms with Crippen LogP contribution < -0.4 is 4.74 Å². The van der Waals surface area contributed by atoms with Crippen LogP contribution in [0, 0.1) is 11.8 Å². The van der Waals surface area contributed by atoms with E-state index in [1.807, 2.05) is 36.1 Å². The van der Waals surface area contributed by atoms with Crippen LogP contribution >= 0.6 is 11.8 Å². The average molecular weight is 318 g/mol. The molecule has 0 N–H and O–H groups in total. The lowest BCUT2D eigenvalue weighted by Gasteiger charge is -2.21. The van der Waals surface area contributed by atoms with E-state index in [9.17, 15) is 4.79 Å². The Morgan fingerprint density at radius 2 is 2.14 bits per heavy atom. The number of aliphatic imine (C=N–C) groups is 1. The summed E-state index contributed by atoms with van der Waals surface area (Å²) in [6, 6.07) is 7.95. The van der Waals surface area contributed by atoms with Crippen molar-refractivity contribution in [2.24, 2.45) is 16.8 Å². The number of benzene rings is 1. The lowest BCUT2D eigenvalue weighted by molar-refractivity contribution is -0.129. The number of amidine groups is 1. The lowest BCUT2D eigenvalue weighted by Crippen LogP contribution is -2.38. The number of rotatable bonds is 4. The first-order valence-corrected chi connectivity index (χ1v) is 8.86. The Labute approximate surface area is 135 Å². The number of nitrogens with zero attached hydrogens (tertiary/aromatic N) is 2. The van der Waals surface area contributed by atoms with Crippen LogP contribution in [0.4, 0.5) is 5.69 Å². The molecule has 0 aromatic heterocycles. The molecule has 4 nitrogen and oxygen atoms in total. The molecule has 2 aliphatic rings. The molecule has 0 bridgehead atoms. The van der Waals surface area contributed by atoms with Gasteiger partial charge in [-0.3, -0.25) is 9.69 Å². The minimum Gasteiger partial charge on any atom is -0.492 e. The topological polar surface area (TPSA) is 41.9 Å². The summed E-state index contributed by atoms with van der Waals surface area (Å²) in [5.74, 6) is 2.61. The third-order valence-corrected chi connectivity index (χ3v) is 5.34. The fourth-order valence-corrected chi connectivity index (χ4v) is 3.81. The van der Waals surface area contributed by atoms with Crippen molar-refractivity contribution in [3.05, 3.63) is 24.3 Å². The number of carbonyl (C=O) groups is 1. The minimum absolute atomic E-state index is 0.188. The predicted molar refractivity (Wildman–Crippen MR) is 90.7 cm³/mol. The maximum absolute atomic E-state index is 12.6. The number of amides is 1. The van der Waals surface area contributed by atoms with E-state index in [0.717, 1.165) is 28.8 Å². The second-order valence-corrected chi connectivity index (χ2v) is 6.97. The fraction of sp³-hybridized carbons (Fsp3) is 0.529. The van der Waals surface area contributed by atoms with Crippen LogP contribution in [0.25, 0.3) is 0 Å². The van der Waals surface area contributed by atoms with E-state index in [-0.39, 0.29) is 17.9 Å². The molecule has 1 aromatic rings. The van der Waals surface area contributed by atoms with Crippen LogP contribution in [0.5, 0.6) is 5.75 Å². The van der Waals surface area contributed by atoms with E-state index in [1.54, 1.807) is 11.8 Å². The second-order valence-electron chi connectivity index (χ2n) is 5.98. The zero-order chi connectivity index (χ0) is 15.7. The zero-order valence-electron chi connectivity index (χ0n) is 13.3. The number of hydrogen-bond acceptors (Lipinski definition) is 4. The quantitative estimate of drug-likeness (QED) is 0.850. The maximum Gasteiger partial charge on any atom is 0.232 e. The van der Waals surface area contributed by atoms with E-state index < -0.39 is 0 Å². The Bertz CT molecular complexity index is 602. The molecular formula is C17H22N2O2S. The largest absolute Gasteiger partial charge is 0.492 e. The number of ether oxygens (including phenoxy) is 1. The van der Waals surface area contributed by atoms with Crippen LogP contribution in [-0.2, 0) is 4.79 Å². The SMILES string of the molecule is CCOc1ccccc1N=C1SCC(C)N1C(=O)C1CC1C. The van der Waals surface area contributed by atoms with Crippen molar-refractivity contribution < 1.29 is 9.53 Å². The Morgan fingerprint density at radius 3 is 2.82 bits per heavy atom. The van der Waals surface area contributed by atoms with Crippen molar-refractivity contribution in [1.82, 2.24) is 4.90 Å². The summed E-state index contributed by atoms with van der Waals surface area (Å²) in [7, 11) is 0. The molecule has 1 aromatic carbocycles. The zero-order valence-corrected chi connectivity index (χ0v) is 14.1. The highest BCUT2D eigenvalue weighted by molar-refractivity contribution is 8.14. The molecule has 5 heteroatoms. The highest BCUT2D eigenvalue weighted by Crippen LogP contribution is 2.42. The molecule has 1 heterocycles. The smallest absolute Gasteiger partial charge is 0.232 e. The minimum atomic E-state index is 0.188. The summed E-state index contributed by atoms with van der Waals surface area (Å²) < 4.78 is 5.63. The van der Waals surface area contributed by atoms with Gasteiger partial charge in [-0.1, -0.05) is 30.8 Å². The summed E-state index contributed by atoms with van der Waals surface area (Å²) in [6.45, 7) is 6.79. The van der Waals surface area contributed by atoms with E-state index in [0.29, 0.717) is 12.5 Å². The van der Waals surface area contributed by atoms with Crippen LogP contribution in [0.15, 0.2) is 29.3 Å². The van der Waals surface area contributed by atoms with Crippen molar-refractivity contribution in [2.75, 3.05) is 12.4 Å². The number of para-hydroxylation sites is 2. The Kier molecular flexibility index (Phi) is 4.43. The molecular weight excluding hydrogens is 296 g/mol. The van der Waals surface area contributed by atoms with Crippen LogP contribution in [0.3, 0.4) is 0 Å². The van der Waals surface area contributed by atoms with E-state index >= 15 is 0 Å². The molecule has 3 unspecified atom stereocenters. The molecule has 1 saturated heterocycles. The number of thioether (sulfide) groups is 1. The van der Waals surface area contributed by atoms with Gasteiger partial charge >= 0.3 is 0 Å². The van der Waals surface area contributed by atoms with E-state index in [1.165, 1.54) is 0 Å². The normalized spacial score (nSPS) is 29.0. The number of hydrogen-bond donors (Lipinski definition) is 0. The summed E-state index contributed by atoms with van der Waals surface area (Å²) in [5, 5.41) is 0.809. The third kappa shape index (κ3) is 3.00. The molecule has 1 aliphatic heterocycles. The van der Waals surface area contributed by atoms with Crippen molar-refractivity contribution in [3.63, 3.8) is 0 Å². The van der Waals surface area contributed by atoms with Crippen molar-refractivity contribution >= 4 is 28.5 Å².